The highest BCUT2D eigenvalue weighted by Crippen LogP contribution is 2.29. The first-order chi connectivity index (χ1) is 8.29. The molecule has 0 radical (unpaired) electrons. The summed E-state index contributed by atoms with van der Waals surface area (Å²) < 4.78 is 36.9. The van der Waals surface area contributed by atoms with Gasteiger partial charge in [0.05, 0.1) is 5.56 Å². The Morgan fingerprint density at radius 2 is 1.78 bits per heavy atom. The van der Waals surface area contributed by atoms with Gasteiger partial charge in [-0.15, -0.1) is 0 Å². The molecule has 0 aliphatic carbocycles. The molecule has 0 atom stereocenters. The zero-order chi connectivity index (χ0) is 13.8. The summed E-state index contributed by atoms with van der Waals surface area (Å²) in [6.45, 7) is 1.59. The second-order valence-corrected chi connectivity index (χ2v) is 3.68. The Kier molecular flexibility index (Phi) is 4.31. The fourth-order valence-corrected chi connectivity index (χ4v) is 1.25. The van der Waals surface area contributed by atoms with E-state index in [-0.39, 0.29) is 0 Å². The number of carboxylic acid groups (broad SMARTS) is 1. The van der Waals surface area contributed by atoms with E-state index in [1.165, 1.54) is 18.2 Å². The Morgan fingerprint density at radius 3 is 2.22 bits per heavy atom. The monoisotopic (exact) mass is 256 g/mol. The van der Waals surface area contributed by atoms with Crippen molar-refractivity contribution in [1.29, 1.82) is 0 Å². The average Bonchev–Trinajstić information content (AvgIpc) is 2.25. The maximum atomic E-state index is 12.3. The number of halogens is 3. The van der Waals surface area contributed by atoms with Crippen LogP contribution in [0.15, 0.2) is 42.0 Å². The van der Waals surface area contributed by atoms with E-state index in [1.54, 1.807) is 13.0 Å². The molecule has 96 valence electrons. The molecule has 0 fully saturated rings. The normalized spacial score (nSPS) is 13.0. The lowest BCUT2D eigenvalue weighted by Gasteiger charge is -2.05. The summed E-state index contributed by atoms with van der Waals surface area (Å²) in [4.78, 5) is 10.3. The highest BCUT2D eigenvalue weighted by Gasteiger charge is 2.29. The lowest BCUT2D eigenvalue weighted by molar-refractivity contribution is -0.137. The summed E-state index contributed by atoms with van der Waals surface area (Å²) >= 11 is 0. The van der Waals surface area contributed by atoms with Gasteiger partial charge in [-0.2, -0.15) is 13.2 Å². The molecule has 0 aliphatic rings. The van der Waals surface area contributed by atoms with Crippen LogP contribution in [0.5, 0.6) is 0 Å². The van der Waals surface area contributed by atoms with Crippen molar-refractivity contribution in [3.05, 3.63) is 53.1 Å². The third-order valence-corrected chi connectivity index (χ3v) is 2.13. The summed E-state index contributed by atoms with van der Waals surface area (Å²) in [5.74, 6) is -1.07. The zero-order valence-corrected chi connectivity index (χ0v) is 9.53. The molecule has 18 heavy (non-hydrogen) atoms. The summed E-state index contributed by atoms with van der Waals surface area (Å²) in [7, 11) is 0. The van der Waals surface area contributed by atoms with Gasteiger partial charge < -0.3 is 5.11 Å². The Bertz CT molecular complexity index is 482. The molecule has 0 aliphatic heterocycles. The second-order valence-electron chi connectivity index (χ2n) is 3.68. The largest absolute Gasteiger partial charge is 0.478 e. The first-order valence-electron chi connectivity index (χ1n) is 5.05. The van der Waals surface area contributed by atoms with E-state index in [0.717, 1.165) is 18.2 Å². The maximum absolute atomic E-state index is 12.3. The highest BCUT2D eigenvalue weighted by molar-refractivity contribution is 5.81. The molecule has 0 unspecified atom stereocenters. The predicted octanol–water partition coefficient (Wildman–Crippen LogP) is 3.75. The molecule has 1 aromatic rings. The fraction of sp³-hybridized carbons (Fsp3) is 0.154. The average molecular weight is 256 g/mol. The van der Waals surface area contributed by atoms with Crippen LogP contribution in [0.3, 0.4) is 0 Å². The van der Waals surface area contributed by atoms with Gasteiger partial charge in [0.15, 0.2) is 0 Å². The highest BCUT2D eigenvalue weighted by atomic mass is 19.4. The molecular formula is C13H11F3O2. The van der Waals surface area contributed by atoms with Gasteiger partial charge in [0.1, 0.15) is 0 Å². The summed E-state index contributed by atoms with van der Waals surface area (Å²) in [5, 5.41) is 8.47. The van der Waals surface area contributed by atoms with Crippen molar-refractivity contribution in [2.24, 2.45) is 0 Å². The van der Waals surface area contributed by atoms with Gasteiger partial charge in [0.25, 0.3) is 0 Å². The number of allylic oxidation sites excluding steroid dienone is 2. The van der Waals surface area contributed by atoms with E-state index in [2.05, 4.69) is 0 Å². The van der Waals surface area contributed by atoms with Crippen molar-refractivity contribution in [2.45, 2.75) is 13.1 Å². The number of aliphatic carboxylic acids is 1. The van der Waals surface area contributed by atoms with Crippen LogP contribution in [0.25, 0.3) is 6.08 Å². The van der Waals surface area contributed by atoms with E-state index in [0.29, 0.717) is 11.1 Å². The Hall–Kier alpha value is -2.04. The van der Waals surface area contributed by atoms with Gasteiger partial charge >= 0.3 is 12.1 Å². The summed E-state index contributed by atoms with van der Waals surface area (Å²) in [5.41, 5.74) is 0.362. The van der Waals surface area contributed by atoms with E-state index in [9.17, 15) is 18.0 Å². The summed E-state index contributed by atoms with van der Waals surface area (Å²) in [6.07, 6.45) is -0.256. The third kappa shape index (κ3) is 4.45. The van der Waals surface area contributed by atoms with E-state index in [4.69, 9.17) is 5.11 Å². The molecular weight excluding hydrogens is 245 g/mol. The van der Waals surface area contributed by atoms with Gasteiger partial charge in [-0.25, -0.2) is 4.79 Å². The van der Waals surface area contributed by atoms with E-state index >= 15 is 0 Å². The van der Waals surface area contributed by atoms with Crippen LogP contribution in [0.1, 0.15) is 18.1 Å². The van der Waals surface area contributed by atoms with Gasteiger partial charge in [-0.05, 0) is 30.2 Å². The molecule has 0 aromatic heterocycles. The van der Waals surface area contributed by atoms with Gasteiger partial charge in [0.2, 0.25) is 0 Å². The zero-order valence-electron chi connectivity index (χ0n) is 9.53. The van der Waals surface area contributed by atoms with Crippen molar-refractivity contribution >= 4 is 12.0 Å². The number of carboxylic acids is 1. The van der Waals surface area contributed by atoms with Gasteiger partial charge in [0, 0.05) is 6.08 Å². The van der Waals surface area contributed by atoms with Gasteiger partial charge in [-0.1, -0.05) is 24.3 Å². The molecule has 0 heterocycles. The van der Waals surface area contributed by atoms with Crippen molar-refractivity contribution in [3.8, 4) is 0 Å². The Morgan fingerprint density at radius 1 is 1.22 bits per heavy atom. The SMILES string of the molecule is CC(C=Cc1ccc(C(F)(F)F)cc1)=CC(=O)O. The lowest BCUT2D eigenvalue weighted by atomic mass is 10.1. The quantitative estimate of drug-likeness (QED) is 0.660. The van der Waals surface area contributed by atoms with Crippen molar-refractivity contribution < 1.29 is 23.1 Å². The van der Waals surface area contributed by atoms with Crippen molar-refractivity contribution in [2.75, 3.05) is 0 Å². The number of carbonyl (C=O) groups is 1. The van der Waals surface area contributed by atoms with E-state index in [1.807, 2.05) is 0 Å². The minimum atomic E-state index is -4.35. The molecule has 5 heteroatoms. The number of hydrogen-bond donors (Lipinski definition) is 1. The van der Waals surface area contributed by atoms with Crippen LogP contribution in [0.4, 0.5) is 13.2 Å². The van der Waals surface area contributed by atoms with Crippen molar-refractivity contribution in [1.82, 2.24) is 0 Å². The molecule has 0 spiro atoms. The molecule has 1 aromatic carbocycles. The maximum Gasteiger partial charge on any atom is 0.416 e. The topological polar surface area (TPSA) is 37.3 Å². The van der Waals surface area contributed by atoms with Crippen LogP contribution in [0, 0.1) is 0 Å². The number of benzene rings is 1. The van der Waals surface area contributed by atoms with Crippen LogP contribution < -0.4 is 0 Å². The number of hydrogen-bond acceptors (Lipinski definition) is 1. The first-order valence-corrected chi connectivity index (χ1v) is 5.05. The molecule has 1 N–H and O–H groups in total. The Balaban J connectivity index is 2.82. The van der Waals surface area contributed by atoms with E-state index < -0.39 is 17.7 Å². The van der Waals surface area contributed by atoms with Crippen molar-refractivity contribution in [3.63, 3.8) is 0 Å². The fourth-order valence-electron chi connectivity index (χ4n) is 1.25. The molecule has 0 saturated carbocycles. The molecule has 0 amide bonds. The number of alkyl halides is 3. The van der Waals surface area contributed by atoms with Gasteiger partial charge in [-0.3, -0.25) is 0 Å². The lowest BCUT2D eigenvalue weighted by Crippen LogP contribution is -2.03. The minimum absolute atomic E-state index is 0.502. The first kappa shape index (κ1) is 14.0. The predicted molar refractivity (Wildman–Crippen MR) is 61.9 cm³/mol. The van der Waals surface area contributed by atoms with Crippen LogP contribution in [0.2, 0.25) is 0 Å². The molecule has 2 nitrogen and oxygen atoms in total. The second kappa shape index (κ2) is 5.53. The molecule has 0 bridgehead atoms. The minimum Gasteiger partial charge on any atom is -0.478 e. The Labute approximate surface area is 102 Å². The number of rotatable bonds is 3. The van der Waals surface area contributed by atoms with Crippen LogP contribution in [-0.4, -0.2) is 11.1 Å². The summed E-state index contributed by atoms with van der Waals surface area (Å²) in [6, 6.07) is 4.62. The molecule has 0 saturated heterocycles. The van der Waals surface area contributed by atoms with Crippen LogP contribution in [-0.2, 0) is 11.0 Å². The standard InChI is InChI=1S/C13H11F3O2/c1-9(8-12(17)18)2-3-10-4-6-11(7-5-10)13(14,15)16/h2-8H,1H3,(H,17,18). The third-order valence-electron chi connectivity index (χ3n) is 2.13. The molecule has 1 rings (SSSR count). The smallest absolute Gasteiger partial charge is 0.416 e. The van der Waals surface area contributed by atoms with Crippen LogP contribution >= 0.6 is 0 Å².